The SMILES string of the molecule is CC1CNCCN1c1nc(-c2c(F)cccc2F)c2ccc(F)cc2n1. The number of piperazine rings is 1. The van der Waals surface area contributed by atoms with E-state index in [9.17, 15) is 13.2 Å². The van der Waals surface area contributed by atoms with E-state index in [0.29, 0.717) is 23.4 Å². The Morgan fingerprint density at radius 3 is 2.58 bits per heavy atom. The molecule has 1 aromatic heterocycles. The highest BCUT2D eigenvalue weighted by atomic mass is 19.1. The minimum absolute atomic E-state index is 0.105. The van der Waals surface area contributed by atoms with Crippen LogP contribution in [0.2, 0.25) is 0 Å². The van der Waals surface area contributed by atoms with Crippen LogP contribution in [-0.4, -0.2) is 35.6 Å². The number of benzene rings is 2. The predicted octanol–water partition coefficient (Wildman–Crippen LogP) is 3.51. The van der Waals surface area contributed by atoms with E-state index in [1.165, 1.54) is 36.4 Å². The number of nitrogens with one attached hydrogen (secondary N) is 1. The summed E-state index contributed by atoms with van der Waals surface area (Å²) in [6.07, 6.45) is 0. The van der Waals surface area contributed by atoms with Gasteiger partial charge >= 0.3 is 0 Å². The minimum Gasteiger partial charge on any atom is -0.336 e. The Morgan fingerprint density at radius 1 is 1.08 bits per heavy atom. The third kappa shape index (κ3) is 2.88. The van der Waals surface area contributed by atoms with Crippen molar-refractivity contribution in [1.29, 1.82) is 0 Å². The summed E-state index contributed by atoms with van der Waals surface area (Å²) in [7, 11) is 0. The van der Waals surface area contributed by atoms with E-state index in [1.54, 1.807) is 0 Å². The molecule has 2 aromatic carbocycles. The second-order valence-electron chi connectivity index (χ2n) is 6.38. The van der Waals surface area contributed by atoms with E-state index >= 15 is 0 Å². The molecule has 0 spiro atoms. The van der Waals surface area contributed by atoms with Gasteiger partial charge in [-0.15, -0.1) is 0 Å². The van der Waals surface area contributed by atoms with E-state index in [4.69, 9.17) is 0 Å². The molecule has 2 heterocycles. The highest BCUT2D eigenvalue weighted by molar-refractivity contribution is 5.93. The Balaban J connectivity index is 1.99. The molecule has 3 aromatic rings. The van der Waals surface area contributed by atoms with Crippen LogP contribution < -0.4 is 10.2 Å². The van der Waals surface area contributed by atoms with E-state index in [2.05, 4.69) is 15.3 Å². The van der Waals surface area contributed by atoms with Gasteiger partial charge in [-0.2, -0.15) is 0 Å². The summed E-state index contributed by atoms with van der Waals surface area (Å²) in [6.45, 7) is 4.15. The van der Waals surface area contributed by atoms with Crippen molar-refractivity contribution >= 4 is 16.9 Å². The summed E-state index contributed by atoms with van der Waals surface area (Å²) < 4.78 is 42.5. The second kappa shape index (κ2) is 6.57. The zero-order valence-corrected chi connectivity index (χ0v) is 14.1. The van der Waals surface area contributed by atoms with Gasteiger partial charge in [-0.25, -0.2) is 23.1 Å². The molecule has 1 fully saturated rings. The fourth-order valence-corrected chi connectivity index (χ4v) is 3.27. The third-order valence-corrected chi connectivity index (χ3v) is 4.60. The van der Waals surface area contributed by atoms with Crippen LogP contribution in [0.15, 0.2) is 36.4 Å². The van der Waals surface area contributed by atoms with Gasteiger partial charge in [-0.05, 0) is 31.2 Å². The molecule has 0 saturated carbocycles. The average molecular weight is 358 g/mol. The molecule has 26 heavy (non-hydrogen) atoms. The smallest absolute Gasteiger partial charge is 0.226 e. The topological polar surface area (TPSA) is 41.0 Å². The molecule has 4 rings (SSSR count). The molecular weight excluding hydrogens is 341 g/mol. The van der Waals surface area contributed by atoms with Crippen LogP contribution in [0.3, 0.4) is 0 Å². The predicted molar refractivity (Wildman–Crippen MR) is 94.5 cm³/mol. The molecule has 1 unspecified atom stereocenters. The highest BCUT2D eigenvalue weighted by Gasteiger charge is 2.24. The van der Waals surface area contributed by atoms with Gasteiger partial charge in [0, 0.05) is 37.1 Å². The fraction of sp³-hybridized carbons (Fsp3) is 0.263. The van der Waals surface area contributed by atoms with Gasteiger partial charge in [0.05, 0.1) is 16.8 Å². The van der Waals surface area contributed by atoms with Crippen molar-refractivity contribution in [3.8, 4) is 11.3 Å². The van der Waals surface area contributed by atoms with Gasteiger partial charge in [0.1, 0.15) is 17.5 Å². The summed E-state index contributed by atoms with van der Waals surface area (Å²) >= 11 is 0. The Hall–Kier alpha value is -2.67. The Morgan fingerprint density at radius 2 is 1.85 bits per heavy atom. The lowest BCUT2D eigenvalue weighted by Gasteiger charge is -2.34. The molecule has 1 atom stereocenters. The first-order chi connectivity index (χ1) is 12.5. The minimum atomic E-state index is -0.714. The lowest BCUT2D eigenvalue weighted by molar-refractivity contribution is 0.493. The van der Waals surface area contributed by atoms with Crippen molar-refractivity contribution < 1.29 is 13.2 Å². The number of anilines is 1. The van der Waals surface area contributed by atoms with Crippen molar-refractivity contribution in [3.63, 3.8) is 0 Å². The van der Waals surface area contributed by atoms with Crippen LogP contribution in [0.4, 0.5) is 19.1 Å². The van der Waals surface area contributed by atoms with Crippen LogP contribution >= 0.6 is 0 Å². The molecule has 1 aliphatic rings. The molecule has 0 radical (unpaired) electrons. The molecule has 134 valence electrons. The largest absolute Gasteiger partial charge is 0.336 e. The van der Waals surface area contributed by atoms with Crippen LogP contribution in [0.25, 0.3) is 22.2 Å². The average Bonchev–Trinajstić information content (AvgIpc) is 2.61. The molecule has 1 saturated heterocycles. The maximum Gasteiger partial charge on any atom is 0.226 e. The van der Waals surface area contributed by atoms with Gasteiger partial charge in [0.15, 0.2) is 0 Å². The molecule has 0 aliphatic carbocycles. The van der Waals surface area contributed by atoms with Gasteiger partial charge in [-0.1, -0.05) is 6.07 Å². The standard InChI is InChI=1S/C19H17F3N4/c1-11-10-23-7-8-26(11)19-24-16-9-12(20)5-6-13(16)18(25-19)17-14(21)3-2-4-15(17)22/h2-6,9,11,23H,7-8,10H2,1H3. The van der Waals surface area contributed by atoms with Gasteiger partial charge in [-0.3, -0.25) is 0 Å². The lowest BCUT2D eigenvalue weighted by atomic mass is 10.0. The number of fused-ring (bicyclic) bond motifs is 1. The van der Waals surface area contributed by atoms with Gasteiger partial charge < -0.3 is 10.2 Å². The Bertz CT molecular complexity index is 956. The lowest BCUT2D eigenvalue weighted by Crippen LogP contribution is -2.50. The summed E-state index contributed by atoms with van der Waals surface area (Å²) in [5.41, 5.74) is 0.222. The molecule has 1 aliphatic heterocycles. The van der Waals surface area contributed by atoms with E-state index in [-0.39, 0.29) is 17.3 Å². The molecule has 0 bridgehead atoms. The molecule has 0 amide bonds. The summed E-state index contributed by atoms with van der Waals surface area (Å²) in [6, 6.07) is 7.73. The van der Waals surface area contributed by atoms with Crippen molar-refractivity contribution in [2.24, 2.45) is 0 Å². The maximum atomic E-state index is 14.4. The van der Waals surface area contributed by atoms with Crippen molar-refractivity contribution in [2.45, 2.75) is 13.0 Å². The number of nitrogens with zero attached hydrogens (tertiary/aromatic N) is 3. The first kappa shape index (κ1) is 16.8. The van der Waals surface area contributed by atoms with E-state index in [0.717, 1.165) is 13.1 Å². The monoisotopic (exact) mass is 358 g/mol. The van der Waals surface area contributed by atoms with E-state index in [1.807, 2.05) is 11.8 Å². The van der Waals surface area contributed by atoms with Crippen LogP contribution in [0, 0.1) is 17.5 Å². The number of aromatic nitrogens is 2. The highest BCUT2D eigenvalue weighted by Crippen LogP contribution is 2.32. The number of halogens is 3. The van der Waals surface area contributed by atoms with Gasteiger partial charge in [0.2, 0.25) is 5.95 Å². The van der Waals surface area contributed by atoms with Crippen molar-refractivity contribution in [2.75, 3.05) is 24.5 Å². The van der Waals surface area contributed by atoms with Crippen molar-refractivity contribution in [3.05, 3.63) is 53.8 Å². The zero-order chi connectivity index (χ0) is 18.3. The van der Waals surface area contributed by atoms with Gasteiger partial charge in [0.25, 0.3) is 0 Å². The second-order valence-corrected chi connectivity index (χ2v) is 6.38. The van der Waals surface area contributed by atoms with E-state index < -0.39 is 17.5 Å². The quantitative estimate of drug-likeness (QED) is 0.761. The zero-order valence-electron chi connectivity index (χ0n) is 14.1. The summed E-state index contributed by atoms with van der Waals surface area (Å²) in [4.78, 5) is 10.9. The fourth-order valence-electron chi connectivity index (χ4n) is 3.27. The van der Waals surface area contributed by atoms with Crippen LogP contribution in [-0.2, 0) is 0 Å². The van der Waals surface area contributed by atoms with Crippen molar-refractivity contribution in [1.82, 2.24) is 15.3 Å². The number of hydrogen-bond donors (Lipinski definition) is 1. The molecular formula is C19H17F3N4. The third-order valence-electron chi connectivity index (χ3n) is 4.60. The van der Waals surface area contributed by atoms with Crippen LogP contribution in [0.5, 0.6) is 0 Å². The maximum absolute atomic E-state index is 14.4. The number of rotatable bonds is 2. The molecule has 1 N–H and O–H groups in total. The summed E-state index contributed by atoms with van der Waals surface area (Å²) in [5, 5.41) is 3.67. The first-order valence-electron chi connectivity index (χ1n) is 8.43. The Kier molecular flexibility index (Phi) is 4.24. The molecule has 7 heteroatoms. The summed E-state index contributed by atoms with van der Waals surface area (Å²) in [5.74, 6) is -1.55. The first-order valence-corrected chi connectivity index (χ1v) is 8.43. The van der Waals surface area contributed by atoms with Crippen LogP contribution in [0.1, 0.15) is 6.92 Å². The Labute approximate surface area is 148 Å². The molecule has 4 nitrogen and oxygen atoms in total. The number of hydrogen-bond acceptors (Lipinski definition) is 4. The normalized spacial score (nSPS) is 17.7.